The van der Waals surface area contributed by atoms with Gasteiger partial charge >= 0.3 is 5.97 Å². The van der Waals surface area contributed by atoms with E-state index in [-0.39, 0.29) is 0 Å². The molecule has 1 aromatic carbocycles. The first kappa shape index (κ1) is 11.9. The number of carboxylic acids is 1. The molecule has 0 spiro atoms. The molecule has 5 nitrogen and oxygen atoms in total. The molecule has 0 saturated heterocycles. The van der Waals surface area contributed by atoms with Crippen LogP contribution in [-0.4, -0.2) is 25.8 Å². The first-order valence-corrected chi connectivity index (χ1v) is 6.40. The Labute approximate surface area is 110 Å². The van der Waals surface area contributed by atoms with Gasteiger partial charge in [-0.25, -0.2) is 9.67 Å². The van der Waals surface area contributed by atoms with Gasteiger partial charge in [0.25, 0.3) is 0 Å². The van der Waals surface area contributed by atoms with Gasteiger partial charge in [-0.2, -0.15) is 5.10 Å². The predicted octanol–water partition coefficient (Wildman–Crippen LogP) is 2.22. The molecule has 1 aliphatic rings. The van der Waals surface area contributed by atoms with Crippen molar-refractivity contribution in [1.29, 1.82) is 0 Å². The molecule has 1 aromatic heterocycles. The van der Waals surface area contributed by atoms with E-state index in [4.69, 9.17) is 0 Å². The molecule has 5 heteroatoms. The summed E-state index contributed by atoms with van der Waals surface area (Å²) < 4.78 is 1.74. The third-order valence-corrected chi connectivity index (χ3v) is 3.56. The Morgan fingerprint density at radius 3 is 2.95 bits per heavy atom. The van der Waals surface area contributed by atoms with Gasteiger partial charge in [-0.3, -0.25) is 4.79 Å². The second-order valence-electron chi connectivity index (χ2n) is 4.86. The summed E-state index contributed by atoms with van der Waals surface area (Å²) in [5.74, 6) is -0.137. The van der Waals surface area contributed by atoms with Crippen LogP contribution in [0.3, 0.4) is 0 Å². The lowest BCUT2D eigenvalue weighted by molar-refractivity contribution is -0.139. The highest BCUT2D eigenvalue weighted by Crippen LogP contribution is 2.28. The molecule has 98 valence electrons. The lowest BCUT2D eigenvalue weighted by Gasteiger charge is -2.17. The van der Waals surface area contributed by atoms with E-state index in [1.54, 1.807) is 4.68 Å². The number of fused-ring (bicyclic) bond motifs is 1. The molecule has 0 aliphatic carbocycles. The lowest BCUT2D eigenvalue weighted by atomic mass is 9.99. The van der Waals surface area contributed by atoms with Crippen molar-refractivity contribution < 1.29 is 9.90 Å². The van der Waals surface area contributed by atoms with Crippen LogP contribution in [0.2, 0.25) is 0 Å². The standard InChI is InChI=1S/C14H15N3O2/c1-9-5-2-3-6-10(9)12-15-13-11(14(18)19)7-4-8-17(13)16-12/h2-3,5-6,11H,4,7-8H2,1H3,(H,18,19). The van der Waals surface area contributed by atoms with Crippen molar-refractivity contribution in [2.24, 2.45) is 0 Å². The Morgan fingerprint density at radius 1 is 1.42 bits per heavy atom. The van der Waals surface area contributed by atoms with E-state index in [2.05, 4.69) is 10.1 Å². The molecular formula is C14H15N3O2. The van der Waals surface area contributed by atoms with E-state index in [0.29, 0.717) is 18.1 Å². The summed E-state index contributed by atoms with van der Waals surface area (Å²) in [4.78, 5) is 15.7. The van der Waals surface area contributed by atoms with E-state index in [1.807, 2.05) is 31.2 Å². The van der Waals surface area contributed by atoms with Crippen LogP contribution >= 0.6 is 0 Å². The van der Waals surface area contributed by atoms with Crippen LogP contribution in [0.15, 0.2) is 24.3 Å². The summed E-state index contributed by atoms with van der Waals surface area (Å²) in [5, 5.41) is 13.7. The third kappa shape index (κ3) is 2.01. The molecule has 0 fully saturated rings. The Balaban J connectivity index is 2.07. The highest BCUT2D eigenvalue weighted by atomic mass is 16.4. The van der Waals surface area contributed by atoms with E-state index in [0.717, 1.165) is 24.1 Å². The smallest absolute Gasteiger partial charge is 0.314 e. The van der Waals surface area contributed by atoms with Crippen molar-refractivity contribution in [3.8, 4) is 11.4 Å². The molecule has 0 amide bonds. The quantitative estimate of drug-likeness (QED) is 0.895. The van der Waals surface area contributed by atoms with Gasteiger partial charge < -0.3 is 5.11 Å². The Bertz CT molecular complexity index is 633. The number of aliphatic carboxylic acids is 1. The SMILES string of the molecule is Cc1ccccc1-c1nc2n(n1)CCCC2C(=O)O. The molecule has 1 N–H and O–H groups in total. The molecule has 1 atom stereocenters. The lowest BCUT2D eigenvalue weighted by Crippen LogP contribution is -2.22. The van der Waals surface area contributed by atoms with Gasteiger partial charge in [-0.05, 0) is 25.3 Å². The Morgan fingerprint density at radius 2 is 2.21 bits per heavy atom. The summed E-state index contributed by atoms with van der Waals surface area (Å²) in [6.07, 6.45) is 1.47. The maximum atomic E-state index is 11.2. The zero-order chi connectivity index (χ0) is 13.4. The number of rotatable bonds is 2. The van der Waals surface area contributed by atoms with E-state index in [1.165, 1.54) is 0 Å². The van der Waals surface area contributed by atoms with Gasteiger partial charge in [0.2, 0.25) is 0 Å². The molecule has 0 saturated carbocycles. The first-order valence-electron chi connectivity index (χ1n) is 6.40. The summed E-state index contributed by atoms with van der Waals surface area (Å²) in [6, 6.07) is 7.88. The van der Waals surface area contributed by atoms with Crippen molar-refractivity contribution >= 4 is 5.97 Å². The molecule has 1 unspecified atom stereocenters. The molecule has 1 aliphatic heterocycles. The second-order valence-corrected chi connectivity index (χ2v) is 4.86. The average molecular weight is 257 g/mol. The van der Waals surface area contributed by atoms with Crippen LogP contribution in [0.25, 0.3) is 11.4 Å². The number of benzene rings is 1. The van der Waals surface area contributed by atoms with E-state index in [9.17, 15) is 9.90 Å². The van der Waals surface area contributed by atoms with Gasteiger partial charge in [-0.1, -0.05) is 24.3 Å². The minimum absolute atomic E-state index is 0.529. The predicted molar refractivity (Wildman–Crippen MR) is 69.8 cm³/mol. The Hall–Kier alpha value is -2.17. The molecule has 2 aromatic rings. The van der Waals surface area contributed by atoms with Gasteiger partial charge in [0.05, 0.1) is 0 Å². The molecule has 0 radical (unpaired) electrons. The molecular weight excluding hydrogens is 242 g/mol. The largest absolute Gasteiger partial charge is 0.481 e. The fourth-order valence-corrected chi connectivity index (χ4v) is 2.52. The van der Waals surface area contributed by atoms with E-state index < -0.39 is 11.9 Å². The zero-order valence-electron chi connectivity index (χ0n) is 10.7. The number of aromatic nitrogens is 3. The summed E-state index contributed by atoms with van der Waals surface area (Å²) in [6.45, 7) is 2.75. The van der Waals surface area contributed by atoms with Crippen LogP contribution in [0.1, 0.15) is 30.1 Å². The summed E-state index contributed by atoms with van der Waals surface area (Å²) in [7, 11) is 0. The molecule has 2 heterocycles. The number of hydrogen-bond acceptors (Lipinski definition) is 3. The van der Waals surface area contributed by atoms with Gasteiger partial charge in [0.1, 0.15) is 11.7 Å². The van der Waals surface area contributed by atoms with Crippen LogP contribution in [0.5, 0.6) is 0 Å². The number of carbonyl (C=O) groups is 1. The van der Waals surface area contributed by atoms with Gasteiger partial charge in [0.15, 0.2) is 5.82 Å². The molecule has 19 heavy (non-hydrogen) atoms. The first-order chi connectivity index (χ1) is 9.16. The average Bonchev–Trinajstić information content (AvgIpc) is 2.82. The maximum Gasteiger partial charge on any atom is 0.314 e. The topological polar surface area (TPSA) is 68.0 Å². The normalized spacial score (nSPS) is 18.1. The van der Waals surface area contributed by atoms with Crippen LogP contribution in [0.4, 0.5) is 0 Å². The minimum atomic E-state index is -0.815. The van der Waals surface area contributed by atoms with Gasteiger partial charge in [-0.15, -0.1) is 0 Å². The van der Waals surface area contributed by atoms with Gasteiger partial charge in [0, 0.05) is 12.1 Å². The summed E-state index contributed by atoms with van der Waals surface area (Å²) in [5.41, 5.74) is 2.06. The monoisotopic (exact) mass is 257 g/mol. The van der Waals surface area contributed by atoms with Crippen molar-refractivity contribution in [1.82, 2.24) is 14.8 Å². The highest BCUT2D eigenvalue weighted by molar-refractivity contribution is 5.75. The fourth-order valence-electron chi connectivity index (χ4n) is 2.52. The van der Waals surface area contributed by atoms with Crippen molar-refractivity contribution in [3.63, 3.8) is 0 Å². The minimum Gasteiger partial charge on any atom is -0.481 e. The molecule has 0 bridgehead atoms. The van der Waals surface area contributed by atoms with Crippen molar-refractivity contribution in [3.05, 3.63) is 35.7 Å². The van der Waals surface area contributed by atoms with E-state index >= 15 is 0 Å². The maximum absolute atomic E-state index is 11.2. The second kappa shape index (κ2) is 4.50. The number of carboxylic acid groups (broad SMARTS) is 1. The highest BCUT2D eigenvalue weighted by Gasteiger charge is 2.30. The molecule has 3 rings (SSSR count). The number of aryl methyl sites for hydroxylation is 2. The zero-order valence-corrected chi connectivity index (χ0v) is 10.7. The summed E-state index contributed by atoms with van der Waals surface area (Å²) >= 11 is 0. The Kier molecular flexibility index (Phi) is 2.81. The fraction of sp³-hybridized carbons (Fsp3) is 0.357. The van der Waals surface area contributed by atoms with Crippen LogP contribution < -0.4 is 0 Å². The number of hydrogen-bond donors (Lipinski definition) is 1. The van der Waals surface area contributed by atoms with Crippen molar-refractivity contribution in [2.75, 3.05) is 0 Å². The van der Waals surface area contributed by atoms with Crippen molar-refractivity contribution in [2.45, 2.75) is 32.2 Å². The number of nitrogens with zero attached hydrogens (tertiary/aromatic N) is 3. The van der Waals surface area contributed by atoms with Crippen LogP contribution in [-0.2, 0) is 11.3 Å². The van der Waals surface area contributed by atoms with Crippen LogP contribution in [0, 0.1) is 6.92 Å². The third-order valence-electron chi connectivity index (χ3n) is 3.56.